The van der Waals surface area contributed by atoms with Crippen molar-refractivity contribution in [2.45, 2.75) is 23.7 Å². The molecule has 0 fully saturated rings. The first-order valence-corrected chi connectivity index (χ1v) is 11.9. The van der Waals surface area contributed by atoms with Crippen LogP contribution in [-0.4, -0.2) is 73.3 Å². The van der Waals surface area contributed by atoms with E-state index in [9.17, 15) is 10.2 Å². The molecule has 0 radical (unpaired) electrons. The minimum absolute atomic E-state index is 0.322. The maximum Gasteiger partial charge on any atom is 0.0765 e. The molecule has 0 heterocycles. The van der Waals surface area contributed by atoms with Gasteiger partial charge in [0.05, 0.1) is 12.2 Å². The Morgan fingerprint density at radius 1 is 0.800 bits per heavy atom. The summed E-state index contributed by atoms with van der Waals surface area (Å²) in [6, 6.07) is 0. The van der Waals surface area contributed by atoms with E-state index in [0.717, 1.165) is 34.5 Å². The first-order chi connectivity index (χ1) is 9.60. The van der Waals surface area contributed by atoms with Gasteiger partial charge < -0.3 is 10.2 Å². The van der Waals surface area contributed by atoms with Crippen LogP contribution in [0.25, 0.3) is 0 Å². The molecule has 0 aliphatic rings. The highest BCUT2D eigenvalue weighted by Gasteiger charge is 2.06. The third kappa shape index (κ3) is 14.8. The third-order valence-corrected chi connectivity index (χ3v) is 8.23. The molecule has 2 N–H and O–H groups in total. The van der Waals surface area contributed by atoms with E-state index < -0.39 is 0 Å². The third-order valence-electron chi connectivity index (χ3n) is 2.14. The molecule has 0 aromatic carbocycles. The van der Waals surface area contributed by atoms with Gasteiger partial charge in [0.1, 0.15) is 0 Å². The lowest BCUT2D eigenvalue weighted by atomic mass is 10.5. The molecular formula is C12H24Cl2O2S4. The van der Waals surface area contributed by atoms with Crippen LogP contribution in [0.15, 0.2) is 0 Å². The van der Waals surface area contributed by atoms with Crippen LogP contribution in [0.4, 0.5) is 0 Å². The van der Waals surface area contributed by atoms with Gasteiger partial charge in [-0.25, -0.2) is 0 Å². The van der Waals surface area contributed by atoms with Crippen LogP contribution in [-0.2, 0) is 0 Å². The summed E-state index contributed by atoms with van der Waals surface area (Å²) in [5.41, 5.74) is 0. The van der Waals surface area contributed by atoms with E-state index in [0.29, 0.717) is 16.3 Å². The summed E-state index contributed by atoms with van der Waals surface area (Å²) < 4.78 is 0.590. The van der Waals surface area contributed by atoms with Gasteiger partial charge in [0.2, 0.25) is 0 Å². The van der Waals surface area contributed by atoms with Crippen molar-refractivity contribution >= 4 is 70.2 Å². The highest BCUT2D eigenvalue weighted by Crippen LogP contribution is 2.24. The van der Waals surface area contributed by atoms with Gasteiger partial charge in [-0.1, -0.05) is 0 Å². The Morgan fingerprint density at radius 3 is 1.55 bits per heavy atom. The number of hydrogen-bond acceptors (Lipinski definition) is 6. The Morgan fingerprint density at radius 2 is 1.20 bits per heavy atom. The van der Waals surface area contributed by atoms with E-state index >= 15 is 0 Å². The van der Waals surface area contributed by atoms with Crippen molar-refractivity contribution in [3.63, 3.8) is 0 Å². The molecule has 8 heteroatoms. The van der Waals surface area contributed by atoms with Gasteiger partial charge in [0.25, 0.3) is 0 Å². The number of thioether (sulfide) groups is 4. The molecule has 0 rings (SSSR count). The first kappa shape index (κ1) is 21.9. The lowest BCUT2D eigenvalue weighted by molar-refractivity contribution is 0.223. The molecular weight excluding hydrogens is 375 g/mol. The molecule has 0 saturated heterocycles. The largest absolute Gasteiger partial charge is 0.391 e. The molecule has 0 saturated carbocycles. The molecule has 0 aliphatic carbocycles. The predicted molar refractivity (Wildman–Crippen MR) is 102 cm³/mol. The molecule has 0 aromatic rings. The van der Waals surface area contributed by atoms with E-state index in [1.807, 2.05) is 23.5 Å². The second kappa shape index (κ2) is 15.8. The van der Waals surface area contributed by atoms with E-state index in [1.54, 1.807) is 23.5 Å². The number of rotatable bonds is 14. The summed E-state index contributed by atoms with van der Waals surface area (Å²) in [5, 5.41) is 18.6. The van der Waals surface area contributed by atoms with E-state index in [4.69, 9.17) is 23.2 Å². The van der Waals surface area contributed by atoms with Crippen LogP contribution in [0.3, 0.4) is 0 Å². The fourth-order valence-electron chi connectivity index (χ4n) is 1.12. The van der Waals surface area contributed by atoms with E-state index in [1.165, 1.54) is 0 Å². The molecule has 2 nitrogen and oxygen atoms in total. The van der Waals surface area contributed by atoms with Crippen LogP contribution < -0.4 is 0 Å². The summed E-state index contributed by atoms with van der Waals surface area (Å²) in [4.78, 5) is 0. The predicted octanol–water partition coefficient (Wildman–Crippen LogP) is 3.46. The summed E-state index contributed by atoms with van der Waals surface area (Å²) in [6.07, 6.45) is -0.752. The molecule has 0 bridgehead atoms. The summed E-state index contributed by atoms with van der Waals surface area (Å²) >= 11 is 18.5. The summed E-state index contributed by atoms with van der Waals surface area (Å²) in [6.45, 7) is 2.23. The minimum Gasteiger partial charge on any atom is -0.391 e. The van der Waals surface area contributed by atoms with Crippen molar-refractivity contribution in [2.24, 2.45) is 0 Å². The van der Waals surface area contributed by atoms with Crippen molar-refractivity contribution in [1.29, 1.82) is 0 Å². The second-order valence-corrected chi connectivity index (χ2v) is 10.2. The van der Waals surface area contributed by atoms with Gasteiger partial charge in [0, 0.05) is 50.9 Å². The van der Waals surface area contributed by atoms with Crippen LogP contribution in [0.2, 0.25) is 0 Å². The van der Waals surface area contributed by atoms with Crippen LogP contribution in [0, 0.1) is 0 Å². The van der Waals surface area contributed by atoms with Gasteiger partial charge in [-0.2, -0.15) is 23.5 Å². The van der Waals surface area contributed by atoms with Gasteiger partial charge >= 0.3 is 0 Å². The average molecular weight is 399 g/mol. The van der Waals surface area contributed by atoms with Crippen molar-refractivity contribution < 1.29 is 10.2 Å². The lowest BCUT2D eigenvalue weighted by Crippen LogP contribution is -2.12. The Hall–Kier alpha value is 1.90. The topological polar surface area (TPSA) is 40.5 Å². The zero-order valence-corrected chi connectivity index (χ0v) is 16.5. The average Bonchev–Trinajstić information content (AvgIpc) is 2.45. The highest BCUT2D eigenvalue weighted by atomic mass is 35.5. The molecule has 0 aromatic heterocycles. The number of hydrogen-bond donors (Lipinski definition) is 2. The molecule has 2 unspecified atom stereocenters. The zero-order valence-electron chi connectivity index (χ0n) is 11.7. The first-order valence-electron chi connectivity index (χ1n) is 6.46. The normalized spacial score (nSPS) is 16.1. The number of alkyl halides is 2. The highest BCUT2D eigenvalue weighted by molar-refractivity contribution is 8.17. The van der Waals surface area contributed by atoms with Crippen molar-refractivity contribution in [1.82, 2.24) is 0 Å². The Balaban J connectivity index is 3.26. The molecule has 0 amide bonds. The Bertz CT molecular complexity index is 196. The molecule has 20 heavy (non-hydrogen) atoms. The van der Waals surface area contributed by atoms with Crippen molar-refractivity contribution in [2.75, 3.05) is 46.3 Å². The fraction of sp³-hybridized carbons (Fsp3) is 1.00. The lowest BCUT2D eigenvalue weighted by Gasteiger charge is -2.11. The van der Waals surface area contributed by atoms with Gasteiger partial charge in [-0.05, 0) is 6.92 Å². The maximum absolute atomic E-state index is 9.30. The van der Waals surface area contributed by atoms with Gasteiger partial charge in [0.15, 0.2) is 0 Å². The fourth-order valence-corrected chi connectivity index (χ4v) is 6.05. The second-order valence-electron chi connectivity index (χ2n) is 4.08. The number of aliphatic hydroxyl groups is 2. The molecule has 0 spiro atoms. The quantitative estimate of drug-likeness (QED) is 0.265. The molecule has 0 aliphatic heterocycles. The van der Waals surface area contributed by atoms with Crippen LogP contribution in [0.1, 0.15) is 6.92 Å². The Labute approximate surface area is 149 Å². The zero-order chi connectivity index (χ0) is 15.2. The monoisotopic (exact) mass is 398 g/mol. The number of aliphatic hydroxyl groups excluding tert-OH is 2. The van der Waals surface area contributed by atoms with E-state index in [2.05, 4.69) is 6.92 Å². The Kier molecular flexibility index (Phi) is 17.3. The summed E-state index contributed by atoms with van der Waals surface area (Å²) in [7, 11) is 0. The smallest absolute Gasteiger partial charge is 0.0765 e. The summed E-state index contributed by atoms with van der Waals surface area (Å²) in [5.74, 6) is 6.42. The van der Waals surface area contributed by atoms with Gasteiger partial charge in [-0.3, -0.25) is 0 Å². The SMILES string of the molecule is CC(SCCSCC(O)CCl)SCCSCC(O)CCl. The van der Waals surface area contributed by atoms with Crippen molar-refractivity contribution in [3.05, 3.63) is 0 Å². The number of halogens is 2. The molecule has 122 valence electrons. The van der Waals surface area contributed by atoms with E-state index in [-0.39, 0.29) is 12.2 Å². The minimum atomic E-state index is -0.376. The molecule has 2 atom stereocenters. The van der Waals surface area contributed by atoms with Crippen molar-refractivity contribution in [3.8, 4) is 0 Å². The maximum atomic E-state index is 9.30. The standard InChI is InChI=1S/C12H24Cl2O2S4/c1-10(19-4-2-17-8-11(15)6-13)20-5-3-18-9-12(16)7-14/h10-12,15-16H,2-9H2,1H3. The van der Waals surface area contributed by atoms with Crippen LogP contribution >= 0.6 is 70.2 Å². The van der Waals surface area contributed by atoms with Crippen LogP contribution in [0.5, 0.6) is 0 Å². The van der Waals surface area contributed by atoms with Gasteiger partial charge in [-0.15, -0.1) is 46.7 Å².